The molecule has 148 valence electrons. The second-order valence-corrected chi connectivity index (χ2v) is 7.72. The van der Waals surface area contributed by atoms with Crippen LogP contribution in [0.4, 0.5) is 0 Å². The maximum atomic E-state index is 9.95. The molecule has 5 nitrogen and oxygen atoms in total. The molecule has 4 aromatic rings. The number of pyridine rings is 1. The Bertz CT molecular complexity index is 1110. The summed E-state index contributed by atoms with van der Waals surface area (Å²) in [7, 11) is 4.13. The molecule has 0 saturated carbocycles. The van der Waals surface area contributed by atoms with Gasteiger partial charge < -0.3 is 10.0 Å². The molecule has 0 aliphatic heterocycles. The quantitative estimate of drug-likeness (QED) is 0.534. The van der Waals surface area contributed by atoms with Crippen molar-refractivity contribution in [3.63, 3.8) is 0 Å². The van der Waals surface area contributed by atoms with Crippen molar-refractivity contribution in [2.24, 2.45) is 0 Å². The predicted molar refractivity (Wildman–Crippen MR) is 118 cm³/mol. The Morgan fingerprint density at radius 1 is 0.966 bits per heavy atom. The molecule has 0 bridgehead atoms. The first-order valence-corrected chi connectivity index (χ1v) is 9.85. The van der Waals surface area contributed by atoms with E-state index < -0.39 is 6.10 Å². The third-order valence-corrected chi connectivity index (χ3v) is 5.21. The van der Waals surface area contributed by atoms with Crippen LogP contribution in [-0.2, 0) is 6.54 Å². The van der Waals surface area contributed by atoms with Crippen LogP contribution in [0.25, 0.3) is 33.0 Å². The monoisotopic (exact) mass is 386 g/mol. The van der Waals surface area contributed by atoms with Crippen LogP contribution in [0, 0.1) is 0 Å². The molecular weight excluding hydrogens is 360 g/mol. The Morgan fingerprint density at radius 3 is 2.45 bits per heavy atom. The van der Waals surface area contributed by atoms with Crippen LogP contribution in [0.5, 0.6) is 0 Å². The molecule has 2 aromatic heterocycles. The van der Waals surface area contributed by atoms with E-state index in [4.69, 9.17) is 0 Å². The average molecular weight is 386 g/mol. The third-order valence-electron chi connectivity index (χ3n) is 5.21. The van der Waals surface area contributed by atoms with E-state index in [1.54, 1.807) is 6.92 Å². The topological polar surface area (TPSA) is 54.2 Å². The highest BCUT2D eigenvalue weighted by Gasteiger charge is 2.09. The second kappa shape index (κ2) is 8.15. The first-order chi connectivity index (χ1) is 14.0. The van der Waals surface area contributed by atoms with Gasteiger partial charge in [-0.15, -0.1) is 0 Å². The molecule has 29 heavy (non-hydrogen) atoms. The van der Waals surface area contributed by atoms with E-state index >= 15 is 0 Å². The normalized spacial score (nSPS) is 12.6. The Labute approximate surface area is 171 Å². The molecule has 0 aliphatic rings. The number of aliphatic hydroxyl groups is 1. The Hall–Kier alpha value is -3.02. The number of benzene rings is 2. The fourth-order valence-electron chi connectivity index (χ4n) is 3.45. The van der Waals surface area contributed by atoms with E-state index in [1.165, 1.54) is 0 Å². The lowest BCUT2D eigenvalue weighted by atomic mass is 9.97. The summed E-state index contributed by atoms with van der Waals surface area (Å²) in [6.07, 6.45) is 7.27. The summed E-state index contributed by atoms with van der Waals surface area (Å²) >= 11 is 0. The maximum absolute atomic E-state index is 9.95. The summed E-state index contributed by atoms with van der Waals surface area (Å²) in [5.74, 6) is 0. The van der Waals surface area contributed by atoms with E-state index in [0.29, 0.717) is 0 Å². The Balaban J connectivity index is 1.64. The van der Waals surface area contributed by atoms with Crippen molar-refractivity contribution in [1.29, 1.82) is 0 Å². The van der Waals surface area contributed by atoms with Gasteiger partial charge >= 0.3 is 0 Å². The molecule has 0 spiro atoms. The predicted octanol–water partition coefficient (Wildman–Crippen LogP) is 4.38. The van der Waals surface area contributed by atoms with Gasteiger partial charge in [-0.25, -0.2) is 0 Å². The van der Waals surface area contributed by atoms with Gasteiger partial charge in [0, 0.05) is 41.6 Å². The van der Waals surface area contributed by atoms with Crippen LogP contribution in [0.2, 0.25) is 0 Å². The molecule has 0 aliphatic carbocycles. The number of fused-ring (bicyclic) bond motifs is 1. The average Bonchev–Trinajstić information content (AvgIpc) is 3.20. The Morgan fingerprint density at radius 2 is 1.72 bits per heavy atom. The summed E-state index contributed by atoms with van der Waals surface area (Å²) < 4.78 is 1.98. The fourth-order valence-corrected chi connectivity index (χ4v) is 3.45. The van der Waals surface area contributed by atoms with Gasteiger partial charge in [-0.05, 0) is 49.2 Å². The van der Waals surface area contributed by atoms with Crippen molar-refractivity contribution in [3.8, 4) is 22.3 Å². The molecule has 0 fully saturated rings. The summed E-state index contributed by atoms with van der Waals surface area (Å²) in [4.78, 5) is 6.55. The number of hydrogen-bond acceptors (Lipinski definition) is 4. The van der Waals surface area contributed by atoms with Gasteiger partial charge in [-0.1, -0.05) is 36.4 Å². The zero-order valence-corrected chi connectivity index (χ0v) is 17.1. The highest BCUT2D eigenvalue weighted by Crippen LogP contribution is 2.31. The van der Waals surface area contributed by atoms with Crippen LogP contribution in [0.3, 0.4) is 0 Å². The zero-order valence-electron chi connectivity index (χ0n) is 17.1. The molecule has 0 radical (unpaired) electrons. The number of aliphatic hydroxyl groups excluding tert-OH is 1. The number of hydrogen-bond donors (Lipinski definition) is 1. The van der Waals surface area contributed by atoms with E-state index in [1.807, 2.05) is 35.4 Å². The minimum Gasteiger partial charge on any atom is -0.389 e. The van der Waals surface area contributed by atoms with Crippen molar-refractivity contribution in [1.82, 2.24) is 19.7 Å². The molecule has 2 heterocycles. The van der Waals surface area contributed by atoms with Crippen molar-refractivity contribution in [2.45, 2.75) is 19.6 Å². The lowest BCUT2D eigenvalue weighted by Crippen LogP contribution is -2.18. The fraction of sp³-hybridized carbons (Fsp3) is 0.250. The smallest absolute Gasteiger partial charge is 0.0762 e. The first kappa shape index (κ1) is 19.3. The highest BCUT2D eigenvalue weighted by molar-refractivity contribution is 5.96. The van der Waals surface area contributed by atoms with Gasteiger partial charge in [0.25, 0.3) is 0 Å². The van der Waals surface area contributed by atoms with Crippen molar-refractivity contribution < 1.29 is 5.11 Å². The van der Waals surface area contributed by atoms with E-state index in [0.717, 1.165) is 51.7 Å². The molecular formula is C24H26N4O. The number of aromatic nitrogens is 3. The molecule has 0 saturated heterocycles. The number of likely N-dealkylation sites (N-methyl/N-ethyl adjacent to an activating group) is 1. The highest BCUT2D eigenvalue weighted by atomic mass is 16.3. The van der Waals surface area contributed by atoms with Crippen LogP contribution in [0.1, 0.15) is 18.6 Å². The summed E-state index contributed by atoms with van der Waals surface area (Å²) in [5.41, 5.74) is 5.34. The standard InChI is InChI=1S/C24H26N4O/c1-17(29)20-8-9-21-13-25-15-24(23(21)12-20)19-6-4-18(5-7-19)22-14-26-28(16-22)11-10-27(2)3/h4-9,12-17,29H,10-11H2,1-3H3. The summed E-state index contributed by atoms with van der Waals surface area (Å²) in [6.45, 7) is 3.62. The van der Waals surface area contributed by atoms with Gasteiger partial charge in [0.05, 0.1) is 18.8 Å². The summed E-state index contributed by atoms with van der Waals surface area (Å²) in [6, 6.07) is 14.5. The van der Waals surface area contributed by atoms with Gasteiger partial charge in [-0.2, -0.15) is 5.10 Å². The van der Waals surface area contributed by atoms with Crippen LogP contribution in [0.15, 0.2) is 67.3 Å². The van der Waals surface area contributed by atoms with Gasteiger partial charge in [0.2, 0.25) is 0 Å². The zero-order chi connectivity index (χ0) is 20.4. The van der Waals surface area contributed by atoms with E-state index in [9.17, 15) is 5.11 Å². The molecule has 5 heteroatoms. The van der Waals surface area contributed by atoms with Gasteiger partial charge in [0.15, 0.2) is 0 Å². The molecule has 1 N–H and O–H groups in total. The second-order valence-electron chi connectivity index (χ2n) is 7.72. The lowest BCUT2D eigenvalue weighted by Gasteiger charge is -2.10. The molecule has 2 aromatic carbocycles. The van der Waals surface area contributed by atoms with Crippen molar-refractivity contribution in [3.05, 3.63) is 72.8 Å². The SMILES string of the molecule is CC(O)c1ccc2cncc(-c3ccc(-c4cnn(CCN(C)C)c4)cc3)c2c1. The summed E-state index contributed by atoms with van der Waals surface area (Å²) in [5, 5.41) is 16.6. The number of nitrogens with zero attached hydrogens (tertiary/aromatic N) is 4. The minimum absolute atomic E-state index is 0.494. The molecule has 0 amide bonds. The Kier molecular flexibility index (Phi) is 5.43. The van der Waals surface area contributed by atoms with Crippen molar-refractivity contribution >= 4 is 10.8 Å². The molecule has 4 rings (SSSR count). The molecule has 1 atom stereocenters. The minimum atomic E-state index is -0.494. The van der Waals surface area contributed by atoms with Gasteiger partial charge in [0.1, 0.15) is 0 Å². The lowest BCUT2D eigenvalue weighted by molar-refractivity contribution is 0.199. The first-order valence-electron chi connectivity index (χ1n) is 9.85. The van der Waals surface area contributed by atoms with E-state index in [-0.39, 0.29) is 0 Å². The number of rotatable bonds is 6. The maximum Gasteiger partial charge on any atom is 0.0762 e. The van der Waals surface area contributed by atoms with Crippen LogP contribution < -0.4 is 0 Å². The third kappa shape index (κ3) is 4.21. The molecule has 1 unspecified atom stereocenters. The van der Waals surface area contributed by atoms with E-state index in [2.05, 4.69) is 65.6 Å². The van der Waals surface area contributed by atoms with Gasteiger partial charge in [-0.3, -0.25) is 9.67 Å². The van der Waals surface area contributed by atoms with Crippen LogP contribution >= 0.6 is 0 Å². The van der Waals surface area contributed by atoms with Crippen LogP contribution in [-0.4, -0.2) is 45.4 Å². The largest absolute Gasteiger partial charge is 0.389 e. The van der Waals surface area contributed by atoms with Crippen molar-refractivity contribution in [2.75, 3.05) is 20.6 Å².